The Morgan fingerprint density at radius 2 is 1.36 bits per heavy atom. The average Bonchev–Trinajstić information content (AvgIpc) is 3.84. The van der Waals surface area contributed by atoms with E-state index in [-0.39, 0.29) is 5.28 Å². The number of anilines is 5. The molecule has 13 nitrogen and oxygen atoms in total. The summed E-state index contributed by atoms with van der Waals surface area (Å²) in [5.74, 6) is 5.19. The number of halogens is 3. The molecule has 300 valence electrons. The maximum Gasteiger partial charge on any atom is 0.229 e. The second-order valence-electron chi connectivity index (χ2n) is 12.6. The van der Waals surface area contributed by atoms with Gasteiger partial charge in [0.15, 0.2) is 23.0 Å². The van der Waals surface area contributed by atoms with Crippen LogP contribution in [0.1, 0.15) is 11.1 Å². The number of hydrogen-bond donors (Lipinski definition) is 2. The molecular weight excluding hydrogens is 892 g/mol. The van der Waals surface area contributed by atoms with Gasteiger partial charge in [-0.3, -0.25) is 0 Å². The molecule has 4 heterocycles. The monoisotopic (exact) mass is 930 g/mol. The molecule has 0 bridgehead atoms. The van der Waals surface area contributed by atoms with E-state index >= 15 is 0 Å². The van der Waals surface area contributed by atoms with Crippen molar-refractivity contribution in [2.45, 2.75) is 13.3 Å². The quantitative estimate of drug-likeness (QED) is 0.105. The van der Waals surface area contributed by atoms with E-state index in [1.165, 1.54) is 11.3 Å². The second kappa shape index (κ2) is 19.1. The highest BCUT2D eigenvalue weighted by Gasteiger charge is 2.22. The van der Waals surface area contributed by atoms with E-state index in [0.717, 1.165) is 55.7 Å². The summed E-state index contributed by atoms with van der Waals surface area (Å²) in [4.78, 5) is 19.3. The van der Waals surface area contributed by atoms with Crippen molar-refractivity contribution in [2.75, 3.05) is 58.0 Å². The van der Waals surface area contributed by atoms with Gasteiger partial charge in [0.1, 0.15) is 11.6 Å². The van der Waals surface area contributed by atoms with Crippen LogP contribution in [0.15, 0.2) is 106 Å². The topological polar surface area (TPSA) is 144 Å². The first kappa shape index (κ1) is 41.9. The number of nitrogens with two attached hydrogens (primary N) is 1. The van der Waals surface area contributed by atoms with Gasteiger partial charge < -0.3 is 44.2 Å². The van der Waals surface area contributed by atoms with Crippen LogP contribution in [0.2, 0.25) is 5.28 Å². The summed E-state index contributed by atoms with van der Waals surface area (Å²) in [7, 11) is 7.90. The number of hydrogen-bond acceptors (Lipinski definition) is 12. The van der Waals surface area contributed by atoms with Crippen molar-refractivity contribution in [3.8, 4) is 34.6 Å². The molecule has 58 heavy (non-hydrogen) atoms. The SMILES string of the molecule is COc1cc(N)cc(OC)c1OC.COc1cc(Nc2nccc(-n3ccc4ccc(Br)cc43)n2)cc(C)c1OC.Clc1nccc(N2CCc3ccc(Br)cc32)n1. The maximum absolute atomic E-state index is 5.82. The molecule has 1 aliphatic rings. The molecule has 0 atom stereocenters. The fraction of sp³-hybridized carbons (Fsp3) is 0.190. The van der Waals surface area contributed by atoms with Crippen molar-refractivity contribution >= 4 is 83.2 Å². The van der Waals surface area contributed by atoms with Gasteiger partial charge in [-0.15, -0.1) is 0 Å². The van der Waals surface area contributed by atoms with Crippen LogP contribution in [-0.2, 0) is 6.42 Å². The summed E-state index contributed by atoms with van der Waals surface area (Å²) in [6, 6.07) is 25.5. The number of aryl methyl sites for hydroxylation is 1. The molecule has 8 rings (SSSR count). The summed E-state index contributed by atoms with van der Waals surface area (Å²) in [5.41, 5.74) is 11.6. The molecule has 16 heteroatoms. The highest BCUT2D eigenvalue weighted by atomic mass is 79.9. The fourth-order valence-corrected chi connectivity index (χ4v) is 7.21. The largest absolute Gasteiger partial charge is 0.493 e. The zero-order valence-corrected chi connectivity index (χ0v) is 36.5. The lowest BCUT2D eigenvalue weighted by atomic mass is 10.2. The summed E-state index contributed by atoms with van der Waals surface area (Å²) in [5, 5.41) is 4.68. The van der Waals surface area contributed by atoms with Gasteiger partial charge in [-0.2, -0.15) is 4.98 Å². The van der Waals surface area contributed by atoms with Crippen LogP contribution in [-0.4, -0.2) is 66.6 Å². The van der Waals surface area contributed by atoms with Crippen molar-refractivity contribution in [1.82, 2.24) is 24.5 Å². The first-order chi connectivity index (χ1) is 28.0. The first-order valence-corrected chi connectivity index (χ1v) is 19.7. The minimum absolute atomic E-state index is 0.283. The van der Waals surface area contributed by atoms with Crippen LogP contribution in [0.5, 0.6) is 28.7 Å². The van der Waals surface area contributed by atoms with Crippen LogP contribution in [0, 0.1) is 6.92 Å². The van der Waals surface area contributed by atoms with Gasteiger partial charge in [0.2, 0.25) is 17.0 Å². The summed E-state index contributed by atoms with van der Waals surface area (Å²) in [6.07, 6.45) is 6.46. The number of methoxy groups -OCH3 is 5. The molecule has 0 fully saturated rings. The molecule has 0 aliphatic carbocycles. The highest BCUT2D eigenvalue weighted by Crippen LogP contribution is 2.39. The summed E-state index contributed by atoms with van der Waals surface area (Å²) >= 11 is 12.9. The van der Waals surface area contributed by atoms with E-state index in [0.29, 0.717) is 40.4 Å². The lowest BCUT2D eigenvalue weighted by Crippen LogP contribution is -2.14. The highest BCUT2D eigenvalue weighted by molar-refractivity contribution is 9.10. The van der Waals surface area contributed by atoms with Crippen molar-refractivity contribution in [3.05, 3.63) is 123 Å². The van der Waals surface area contributed by atoms with E-state index in [2.05, 4.69) is 98.4 Å². The zero-order chi connectivity index (χ0) is 41.3. The molecule has 0 amide bonds. The Balaban J connectivity index is 0.000000161. The van der Waals surface area contributed by atoms with E-state index in [1.54, 1.807) is 60.1 Å². The normalized spacial score (nSPS) is 11.4. The van der Waals surface area contributed by atoms with E-state index < -0.39 is 0 Å². The summed E-state index contributed by atoms with van der Waals surface area (Å²) in [6.45, 7) is 2.90. The molecular formula is C42H41Br2ClN8O5. The third kappa shape index (κ3) is 9.67. The average molecular weight is 933 g/mol. The third-order valence-electron chi connectivity index (χ3n) is 8.98. The lowest BCUT2D eigenvalue weighted by Gasteiger charge is -2.18. The Bertz CT molecular complexity index is 2510. The van der Waals surface area contributed by atoms with Crippen molar-refractivity contribution < 1.29 is 23.7 Å². The maximum atomic E-state index is 5.82. The van der Waals surface area contributed by atoms with Gasteiger partial charge in [0, 0.05) is 74.7 Å². The van der Waals surface area contributed by atoms with Crippen LogP contribution < -0.4 is 39.6 Å². The van der Waals surface area contributed by atoms with Crippen molar-refractivity contribution in [3.63, 3.8) is 0 Å². The number of nitrogens with zero attached hydrogens (tertiary/aromatic N) is 6. The number of aromatic nitrogens is 5. The number of nitrogen functional groups attached to an aromatic ring is 1. The van der Waals surface area contributed by atoms with E-state index in [9.17, 15) is 0 Å². The van der Waals surface area contributed by atoms with Gasteiger partial charge >= 0.3 is 0 Å². The Kier molecular flexibility index (Phi) is 13.8. The van der Waals surface area contributed by atoms with Gasteiger partial charge in [-0.1, -0.05) is 44.0 Å². The lowest BCUT2D eigenvalue weighted by molar-refractivity contribution is 0.325. The fourth-order valence-electron chi connectivity index (χ4n) is 6.37. The van der Waals surface area contributed by atoms with Crippen LogP contribution in [0.3, 0.4) is 0 Å². The standard InChI is InChI=1S/C21H19BrN4O2.C12H9BrClN3.C9H13NO3/c1-13-10-16(12-18(27-2)20(13)28-3)24-21-23-8-6-19(25-21)26-9-7-14-4-5-15(22)11-17(14)26;13-9-2-1-8-4-6-17(10(8)7-9)11-3-5-15-12(14)16-11;1-11-7-4-6(10)5-8(12-2)9(7)13-3/h4-12H,1-3H3,(H,23,24,25);1-3,5,7H,4,6H2;4-5H,10H2,1-3H3. The number of benzene rings is 4. The number of nitrogens with one attached hydrogen (secondary N) is 1. The van der Waals surface area contributed by atoms with Gasteiger partial charge in [-0.25, -0.2) is 15.0 Å². The number of rotatable bonds is 9. The molecule has 0 saturated carbocycles. The van der Waals surface area contributed by atoms with E-state index in [4.69, 9.17) is 41.0 Å². The minimum Gasteiger partial charge on any atom is -0.493 e. The zero-order valence-electron chi connectivity index (χ0n) is 32.6. The molecule has 0 unspecified atom stereocenters. The smallest absolute Gasteiger partial charge is 0.229 e. The van der Waals surface area contributed by atoms with Gasteiger partial charge in [0.25, 0.3) is 0 Å². The van der Waals surface area contributed by atoms with Gasteiger partial charge in [-0.05, 0) is 84.6 Å². The number of ether oxygens (including phenoxy) is 5. The Morgan fingerprint density at radius 1 is 0.707 bits per heavy atom. The molecule has 3 aromatic heterocycles. The predicted molar refractivity (Wildman–Crippen MR) is 237 cm³/mol. The second-order valence-corrected chi connectivity index (χ2v) is 14.8. The molecule has 0 spiro atoms. The number of fused-ring (bicyclic) bond motifs is 2. The van der Waals surface area contributed by atoms with Crippen LogP contribution in [0.4, 0.5) is 28.8 Å². The third-order valence-corrected chi connectivity index (χ3v) is 10.2. The molecule has 4 aromatic carbocycles. The van der Waals surface area contributed by atoms with E-state index in [1.807, 2.05) is 48.0 Å². The van der Waals surface area contributed by atoms with Crippen LogP contribution >= 0.6 is 43.5 Å². The Morgan fingerprint density at radius 3 is 2.05 bits per heavy atom. The molecule has 0 saturated heterocycles. The van der Waals surface area contributed by atoms with Crippen LogP contribution in [0.25, 0.3) is 16.7 Å². The molecule has 3 N–H and O–H groups in total. The van der Waals surface area contributed by atoms with Crippen molar-refractivity contribution in [1.29, 1.82) is 0 Å². The Labute approximate surface area is 358 Å². The van der Waals surface area contributed by atoms with Gasteiger partial charge in [0.05, 0.1) is 41.1 Å². The predicted octanol–water partition coefficient (Wildman–Crippen LogP) is 10.1. The first-order valence-electron chi connectivity index (χ1n) is 17.7. The summed E-state index contributed by atoms with van der Waals surface area (Å²) < 4.78 is 30.2. The molecule has 1 aliphatic heterocycles. The molecule has 7 aromatic rings. The van der Waals surface area contributed by atoms with Crippen molar-refractivity contribution in [2.24, 2.45) is 0 Å². The molecule has 0 radical (unpaired) electrons. The Hall–Kier alpha value is -5.77. The minimum atomic E-state index is 0.283.